The molecular weight excluding hydrogens is 389 g/mol. The minimum Gasteiger partial charge on any atom is -0.526 e. The summed E-state index contributed by atoms with van der Waals surface area (Å²) in [6, 6.07) is 4.74. The number of alkyl halides is 6. The van der Waals surface area contributed by atoms with Gasteiger partial charge in [-0.05, 0) is 0 Å². The average molecular weight is 397 g/mol. The van der Waals surface area contributed by atoms with E-state index in [4.69, 9.17) is 9.31 Å². The van der Waals surface area contributed by atoms with Crippen LogP contribution in [0.5, 0.6) is 34.5 Å². The molecule has 2 aromatic rings. The largest absolute Gasteiger partial charge is 0.658 e. The molecule has 0 aliphatic carbocycles. The van der Waals surface area contributed by atoms with E-state index in [-0.39, 0.29) is 11.5 Å². The van der Waals surface area contributed by atoms with Gasteiger partial charge in [0, 0.05) is 36.4 Å². The van der Waals surface area contributed by atoms with Gasteiger partial charge in [0.25, 0.3) is 0 Å². The third kappa shape index (κ3) is 7.34. The Hall–Kier alpha value is -3.12. The van der Waals surface area contributed by atoms with Gasteiger partial charge in [-0.15, -0.1) is 26.3 Å². The van der Waals surface area contributed by atoms with Gasteiger partial charge in [0.1, 0.15) is 34.5 Å². The Morgan fingerprint density at radius 3 is 1.26 bits per heavy atom. The summed E-state index contributed by atoms with van der Waals surface area (Å²) in [6.07, 6.45) is -10.00. The number of phenolic OH excluding ortho intramolecular Hbond substituents is 2. The van der Waals surface area contributed by atoms with Crippen molar-refractivity contribution in [3.8, 4) is 34.5 Å². The van der Waals surface area contributed by atoms with E-state index in [1.54, 1.807) is 0 Å². The Morgan fingerprint density at radius 1 is 0.593 bits per heavy atom. The molecule has 2 N–H and O–H groups in total. The predicted octanol–water partition coefficient (Wildman–Crippen LogP) is 3.89. The summed E-state index contributed by atoms with van der Waals surface area (Å²) >= 11 is 0. The van der Waals surface area contributed by atoms with E-state index in [0.29, 0.717) is 19.8 Å². The van der Waals surface area contributed by atoms with Gasteiger partial charge < -0.3 is 29.0 Å². The quantitative estimate of drug-likeness (QED) is 0.569. The Balaban J connectivity index is 2.02. The average Bonchev–Trinajstić information content (AvgIpc) is 2.42. The Morgan fingerprint density at radius 2 is 0.926 bits per heavy atom. The first kappa shape index (κ1) is 20.2. The topological polar surface area (TPSA) is 77.4 Å². The van der Waals surface area contributed by atoms with Crippen molar-refractivity contribution in [1.82, 2.24) is 0 Å². The van der Waals surface area contributed by atoms with Crippen molar-refractivity contribution in [2.24, 2.45) is 0 Å². The first-order valence-corrected chi connectivity index (χ1v) is 6.74. The van der Waals surface area contributed by atoms with Gasteiger partial charge >= 0.3 is 20.4 Å². The molecule has 0 saturated carbocycles. The third-order valence-corrected chi connectivity index (χ3v) is 2.57. The fraction of sp³-hybridized carbons (Fsp3) is 0.143. The van der Waals surface area contributed by atoms with Gasteiger partial charge in [-0.1, -0.05) is 0 Å². The molecule has 145 valence electrons. The number of phenols is 2. The molecule has 2 aromatic carbocycles. The van der Waals surface area contributed by atoms with Crippen molar-refractivity contribution in [1.29, 1.82) is 0 Å². The highest BCUT2D eigenvalue weighted by Gasteiger charge is 2.32. The van der Waals surface area contributed by atoms with Crippen molar-refractivity contribution < 1.29 is 55.3 Å². The van der Waals surface area contributed by atoms with Crippen LogP contribution in [0, 0.1) is 0 Å². The van der Waals surface area contributed by atoms with E-state index >= 15 is 0 Å². The fourth-order valence-electron chi connectivity index (χ4n) is 1.77. The van der Waals surface area contributed by atoms with E-state index in [1.165, 1.54) is 0 Å². The fourth-order valence-corrected chi connectivity index (χ4v) is 1.77. The normalized spacial score (nSPS) is 11.6. The Bertz CT molecular complexity index is 729. The van der Waals surface area contributed by atoms with E-state index in [1.807, 2.05) is 0 Å². The molecule has 0 saturated heterocycles. The molecule has 6 nitrogen and oxygen atoms in total. The summed E-state index contributed by atoms with van der Waals surface area (Å²) in [7, 11) is 0.540. The van der Waals surface area contributed by atoms with Crippen LogP contribution in [0.1, 0.15) is 0 Å². The lowest BCUT2D eigenvalue weighted by Crippen LogP contribution is -2.17. The van der Waals surface area contributed by atoms with Crippen LogP contribution < -0.4 is 18.8 Å². The highest BCUT2D eigenvalue weighted by atomic mass is 19.4. The van der Waals surface area contributed by atoms with Gasteiger partial charge in [0.2, 0.25) is 0 Å². The molecule has 0 atom stereocenters. The van der Waals surface area contributed by atoms with Crippen molar-refractivity contribution >= 4 is 7.69 Å². The van der Waals surface area contributed by atoms with Crippen molar-refractivity contribution in [3.05, 3.63) is 36.4 Å². The standard InChI is InChI=1S/C14H8BF6O6/c16-13(17,18)24-9-1-7(22)3-11(5-9)26-15-27-12-4-8(23)2-10(6-12)25-14(19,20)21/h1-6,22-23H. The second-order valence-corrected chi connectivity index (χ2v) is 4.75. The molecule has 27 heavy (non-hydrogen) atoms. The van der Waals surface area contributed by atoms with Gasteiger partial charge in [-0.25, -0.2) is 0 Å². The van der Waals surface area contributed by atoms with Crippen molar-refractivity contribution in [2.75, 3.05) is 0 Å². The number of rotatable bonds is 6. The lowest BCUT2D eigenvalue weighted by atomic mass is 10.2. The zero-order valence-corrected chi connectivity index (χ0v) is 12.8. The summed E-state index contributed by atoms with van der Waals surface area (Å²) in [4.78, 5) is 0. The zero-order chi connectivity index (χ0) is 20.2. The lowest BCUT2D eigenvalue weighted by Gasteiger charge is -2.13. The minimum atomic E-state index is -5.00. The maximum atomic E-state index is 12.2. The third-order valence-electron chi connectivity index (χ3n) is 2.57. The molecule has 0 bridgehead atoms. The highest BCUT2D eigenvalue weighted by molar-refractivity contribution is 6.20. The predicted molar refractivity (Wildman–Crippen MR) is 76.6 cm³/mol. The van der Waals surface area contributed by atoms with Crippen LogP contribution in [-0.2, 0) is 0 Å². The van der Waals surface area contributed by atoms with Crippen LogP contribution in [-0.4, -0.2) is 30.6 Å². The SMILES string of the molecule is Oc1cc(O[B]Oc2cc(O)cc(OC(F)(F)F)c2)cc(OC(F)(F)F)c1. The van der Waals surface area contributed by atoms with E-state index < -0.39 is 35.7 Å². The molecule has 0 aliphatic rings. The number of hydrogen-bond donors (Lipinski definition) is 2. The maximum Gasteiger partial charge on any atom is 0.658 e. The second-order valence-electron chi connectivity index (χ2n) is 4.75. The molecule has 0 spiro atoms. The van der Waals surface area contributed by atoms with Gasteiger partial charge in [-0.3, -0.25) is 0 Å². The molecule has 1 radical (unpaired) electrons. The van der Waals surface area contributed by atoms with Crippen LogP contribution in [0.2, 0.25) is 0 Å². The highest BCUT2D eigenvalue weighted by Crippen LogP contribution is 2.32. The number of hydrogen-bond acceptors (Lipinski definition) is 6. The van der Waals surface area contributed by atoms with Crippen LogP contribution in [0.15, 0.2) is 36.4 Å². The summed E-state index contributed by atoms with van der Waals surface area (Å²) < 4.78 is 90.0. The number of aromatic hydroxyl groups is 2. The van der Waals surface area contributed by atoms with E-state index in [0.717, 1.165) is 24.3 Å². The summed E-state index contributed by atoms with van der Waals surface area (Å²) in [6.45, 7) is 0. The van der Waals surface area contributed by atoms with Crippen LogP contribution in [0.4, 0.5) is 26.3 Å². The number of ether oxygens (including phenoxy) is 2. The van der Waals surface area contributed by atoms with E-state index in [2.05, 4.69) is 9.47 Å². The Kier molecular flexibility index (Phi) is 5.71. The first-order chi connectivity index (χ1) is 12.4. The van der Waals surface area contributed by atoms with E-state index in [9.17, 15) is 36.6 Å². The molecule has 0 amide bonds. The van der Waals surface area contributed by atoms with Crippen molar-refractivity contribution in [2.45, 2.75) is 12.7 Å². The van der Waals surface area contributed by atoms with Gasteiger partial charge in [0.15, 0.2) is 0 Å². The maximum absolute atomic E-state index is 12.2. The second kappa shape index (κ2) is 7.64. The van der Waals surface area contributed by atoms with Crippen molar-refractivity contribution in [3.63, 3.8) is 0 Å². The zero-order valence-electron chi connectivity index (χ0n) is 12.8. The first-order valence-electron chi connectivity index (χ1n) is 6.74. The smallest absolute Gasteiger partial charge is 0.526 e. The molecule has 2 rings (SSSR count). The van der Waals surface area contributed by atoms with Crippen LogP contribution >= 0.6 is 0 Å². The Labute approximate surface area is 147 Å². The molecule has 0 unspecified atom stereocenters. The molecule has 0 aliphatic heterocycles. The number of benzene rings is 2. The molecule has 0 fully saturated rings. The molecule has 13 heteroatoms. The lowest BCUT2D eigenvalue weighted by molar-refractivity contribution is -0.275. The number of halogens is 6. The van der Waals surface area contributed by atoms with Gasteiger partial charge in [-0.2, -0.15) is 0 Å². The summed E-state index contributed by atoms with van der Waals surface area (Å²) in [5.74, 6) is -3.44. The summed E-state index contributed by atoms with van der Waals surface area (Å²) in [5.41, 5.74) is 0. The van der Waals surface area contributed by atoms with Crippen LogP contribution in [0.3, 0.4) is 0 Å². The van der Waals surface area contributed by atoms with Gasteiger partial charge in [0.05, 0.1) is 0 Å². The summed E-state index contributed by atoms with van der Waals surface area (Å²) in [5, 5.41) is 18.7. The van der Waals surface area contributed by atoms with Crippen LogP contribution in [0.25, 0.3) is 0 Å². The molecule has 0 heterocycles. The minimum absolute atomic E-state index is 0.332. The molecular formula is C14H8BF6O6. The molecule has 0 aromatic heterocycles. The monoisotopic (exact) mass is 397 g/mol.